The van der Waals surface area contributed by atoms with E-state index in [2.05, 4.69) is 4.74 Å². The highest BCUT2D eigenvalue weighted by atomic mass is 19.4. The Labute approximate surface area is 112 Å². The maximum Gasteiger partial charge on any atom is 0.523 e. The maximum absolute atomic E-state index is 12.6. The Hall–Kier alpha value is -2.15. The van der Waals surface area contributed by atoms with E-state index in [-0.39, 0.29) is 5.56 Å². The Morgan fingerprint density at radius 2 is 1.80 bits per heavy atom. The molecule has 0 aliphatic heterocycles. The van der Waals surface area contributed by atoms with Crippen LogP contribution in [0.25, 0.3) is 0 Å². The summed E-state index contributed by atoms with van der Waals surface area (Å²) in [6, 6.07) is 5.22. The van der Waals surface area contributed by atoms with E-state index in [9.17, 15) is 23.3 Å². The Morgan fingerprint density at radius 1 is 1.20 bits per heavy atom. The molecule has 106 valence electrons. The highest BCUT2D eigenvalue weighted by molar-refractivity contribution is 5.49. The van der Waals surface area contributed by atoms with Crippen LogP contribution in [-0.4, -0.2) is 11.3 Å². The van der Waals surface area contributed by atoms with Gasteiger partial charge in [0.1, 0.15) is 5.60 Å². The minimum atomic E-state index is -4.92. The summed E-state index contributed by atoms with van der Waals surface area (Å²) in [4.78, 5) is 10.3. The van der Waals surface area contributed by atoms with Crippen molar-refractivity contribution in [3.63, 3.8) is 0 Å². The predicted molar refractivity (Wildman–Crippen MR) is 64.8 cm³/mol. The molecular formula is C13H10F3NO3. The Morgan fingerprint density at radius 3 is 2.35 bits per heavy atom. The SMILES string of the molecule is O=[N+]([O-])c1ccccc1C1(OC(F)(F)F)C=CCC=C1. The van der Waals surface area contributed by atoms with Crippen LogP contribution in [0.4, 0.5) is 18.9 Å². The zero-order chi connectivity index (χ0) is 14.8. The molecule has 0 amide bonds. The van der Waals surface area contributed by atoms with Crippen LogP contribution >= 0.6 is 0 Å². The van der Waals surface area contributed by atoms with Crippen molar-refractivity contribution in [2.45, 2.75) is 18.4 Å². The fourth-order valence-electron chi connectivity index (χ4n) is 2.08. The van der Waals surface area contributed by atoms with Gasteiger partial charge in [-0.2, -0.15) is 0 Å². The molecule has 7 heteroatoms. The Bertz CT molecular complexity index is 566. The average Bonchev–Trinajstić information content (AvgIpc) is 2.38. The number of benzene rings is 1. The van der Waals surface area contributed by atoms with E-state index in [4.69, 9.17) is 0 Å². The van der Waals surface area contributed by atoms with Crippen LogP contribution in [0.1, 0.15) is 12.0 Å². The fraction of sp³-hybridized carbons (Fsp3) is 0.231. The third-order valence-electron chi connectivity index (χ3n) is 2.81. The van der Waals surface area contributed by atoms with Crippen LogP contribution in [0.3, 0.4) is 0 Å². The van der Waals surface area contributed by atoms with E-state index in [0.717, 1.165) is 6.07 Å². The largest absolute Gasteiger partial charge is 0.523 e. The third kappa shape index (κ3) is 2.88. The Kier molecular flexibility index (Phi) is 3.63. The quantitative estimate of drug-likeness (QED) is 0.481. The zero-order valence-corrected chi connectivity index (χ0v) is 10.1. The van der Waals surface area contributed by atoms with E-state index in [1.54, 1.807) is 0 Å². The topological polar surface area (TPSA) is 52.4 Å². The number of rotatable bonds is 3. The van der Waals surface area contributed by atoms with Gasteiger partial charge < -0.3 is 0 Å². The minimum Gasteiger partial charge on any atom is -0.272 e. The molecule has 0 aromatic heterocycles. The first-order chi connectivity index (χ1) is 9.34. The molecule has 0 spiro atoms. The Balaban J connectivity index is 2.59. The van der Waals surface area contributed by atoms with Crippen LogP contribution in [-0.2, 0) is 10.3 Å². The zero-order valence-electron chi connectivity index (χ0n) is 10.1. The van der Waals surface area contributed by atoms with E-state index >= 15 is 0 Å². The highest BCUT2D eigenvalue weighted by Gasteiger charge is 2.45. The molecule has 20 heavy (non-hydrogen) atoms. The molecule has 0 heterocycles. The van der Waals surface area contributed by atoms with E-state index in [1.165, 1.54) is 42.5 Å². The molecule has 1 aromatic carbocycles. The lowest BCUT2D eigenvalue weighted by Crippen LogP contribution is -2.33. The fourth-order valence-corrected chi connectivity index (χ4v) is 2.08. The van der Waals surface area contributed by atoms with Crippen LogP contribution in [0.15, 0.2) is 48.6 Å². The number of alkyl halides is 3. The second-order valence-electron chi connectivity index (χ2n) is 4.16. The summed E-state index contributed by atoms with van der Waals surface area (Å²) in [5, 5.41) is 11.0. The van der Waals surface area contributed by atoms with Gasteiger partial charge in [0.15, 0.2) is 0 Å². The lowest BCUT2D eigenvalue weighted by Gasteiger charge is -2.30. The predicted octanol–water partition coefficient (Wildman–Crippen LogP) is 3.84. The number of ether oxygens (including phenoxy) is 1. The molecule has 0 saturated heterocycles. The smallest absolute Gasteiger partial charge is 0.272 e. The second-order valence-corrected chi connectivity index (χ2v) is 4.16. The standard InChI is InChI=1S/C13H10F3NO3/c14-13(15,16)20-12(8-4-1-5-9-12)10-6-2-3-7-11(10)17(18)19/h2-9H,1H2. The first-order valence-corrected chi connectivity index (χ1v) is 5.70. The third-order valence-corrected chi connectivity index (χ3v) is 2.81. The first kappa shape index (κ1) is 14.3. The van der Waals surface area contributed by atoms with Crippen molar-refractivity contribution in [2.24, 2.45) is 0 Å². The molecule has 1 aromatic rings. The molecule has 0 bridgehead atoms. The van der Waals surface area contributed by atoms with Gasteiger partial charge in [0, 0.05) is 6.07 Å². The molecular weight excluding hydrogens is 275 g/mol. The van der Waals surface area contributed by atoms with Gasteiger partial charge in [0.25, 0.3) is 5.69 Å². The van der Waals surface area contributed by atoms with Gasteiger partial charge in [0.2, 0.25) is 0 Å². The molecule has 1 aliphatic carbocycles. The maximum atomic E-state index is 12.6. The summed E-state index contributed by atoms with van der Waals surface area (Å²) in [5.41, 5.74) is -2.58. The van der Waals surface area contributed by atoms with Crippen molar-refractivity contribution in [3.05, 3.63) is 64.2 Å². The van der Waals surface area contributed by atoms with Crippen LogP contribution in [0.5, 0.6) is 0 Å². The van der Waals surface area contributed by atoms with Gasteiger partial charge in [0.05, 0.1) is 10.5 Å². The summed E-state index contributed by atoms with van der Waals surface area (Å²) in [5.74, 6) is 0. The summed E-state index contributed by atoms with van der Waals surface area (Å²) in [6.07, 6.45) is 0.843. The summed E-state index contributed by atoms with van der Waals surface area (Å²) >= 11 is 0. The summed E-state index contributed by atoms with van der Waals surface area (Å²) in [7, 11) is 0. The van der Waals surface area contributed by atoms with E-state index < -0.39 is 22.6 Å². The summed E-state index contributed by atoms with van der Waals surface area (Å²) in [6.45, 7) is 0. The molecule has 0 radical (unpaired) electrons. The number of hydrogen-bond donors (Lipinski definition) is 0. The number of hydrogen-bond acceptors (Lipinski definition) is 3. The number of halogens is 3. The van der Waals surface area contributed by atoms with Crippen molar-refractivity contribution in [1.82, 2.24) is 0 Å². The van der Waals surface area contributed by atoms with Crippen LogP contribution in [0, 0.1) is 10.1 Å². The van der Waals surface area contributed by atoms with Gasteiger partial charge in [-0.05, 0) is 24.6 Å². The van der Waals surface area contributed by atoms with Crippen molar-refractivity contribution in [3.8, 4) is 0 Å². The lowest BCUT2D eigenvalue weighted by molar-refractivity contribution is -0.389. The number of nitro groups is 1. The minimum absolute atomic E-state index is 0.158. The van der Waals surface area contributed by atoms with Gasteiger partial charge >= 0.3 is 6.36 Å². The summed E-state index contributed by atoms with van der Waals surface area (Å²) < 4.78 is 42.1. The average molecular weight is 285 g/mol. The highest BCUT2D eigenvalue weighted by Crippen LogP contribution is 2.41. The van der Waals surface area contributed by atoms with E-state index in [0.29, 0.717) is 6.42 Å². The number of nitrogens with zero attached hydrogens (tertiary/aromatic N) is 1. The second kappa shape index (κ2) is 5.09. The number of para-hydroxylation sites is 1. The molecule has 4 nitrogen and oxygen atoms in total. The van der Waals surface area contributed by atoms with E-state index in [1.807, 2.05) is 0 Å². The molecule has 0 saturated carbocycles. The van der Waals surface area contributed by atoms with Gasteiger partial charge in [-0.3, -0.25) is 14.9 Å². The van der Waals surface area contributed by atoms with Crippen molar-refractivity contribution in [2.75, 3.05) is 0 Å². The van der Waals surface area contributed by atoms with Crippen molar-refractivity contribution < 1.29 is 22.8 Å². The monoisotopic (exact) mass is 285 g/mol. The number of nitro benzene ring substituents is 1. The molecule has 0 N–H and O–H groups in total. The van der Waals surface area contributed by atoms with Crippen LogP contribution in [0.2, 0.25) is 0 Å². The molecule has 0 atom stereocenters. The molecule has 2 rings (SSSR count). The lowest BCUT2D eigenvalue weighted by atomic mass is 9.88. The van der Waals surface area contributed by atoms with Crippen molar-refractivity contribution in [1.29, 1.82) is 0 Å². The van der Waals surface area contributed by atoms with Crippen molar-refractivity contribution >= 4 is 5.69 Å². The van der Waals surface area contributed by atoms with Gasteiger partial charge in [-0.1, -0.05) is 24.3 Å². The first-order valence-electron chi connectivity index (χ1n) is 5.70. The normalized spacial score (nSPS) is 17.1. The van der Waals surface area contributed by atoms with Gasteiger partial charge in [-0.25, -0.2) is 0 Å². The van der Waals surface area contributed by atoms with Gasteiger partial charge in [-0.15, -0.1) is 13.2 Å². The molecule has 0 fully saturated rings. The number of allylic oxidation sites excluding steroid dienone is 2. The molecule has 1 aliphatic rings. The molecule has 0 unspecified atom stereocenters. The van der Waals surface area contributed by atoms with Crippen LogP contribution < -0.4 is 0 Å².